The molecule has 0 aliphatic heterocycles. The quantitative estimate of drug-likeness (QED) is 0.803. The molecule has 1 aromatic heterocycles. The molecule has 0 amide bonds. The highest BCUT2D eigenvalue weighted by Crippen LogP contribution is 2.29. The number of benzene rings is 1. The molecule has 6 heteroatoms. The van der Waals surface area contributed by atoms with Gasteiger partial charge in [-0.1, -0.05) is 6.07 Å². The molecular formula is C20H22N4O2. The van der Waals surface area contributed by atoms with E-state index in [1.165, 1.54) is 0 Å². The average Bonchev–Trinajstić information content (AvgIpc) is 2.99. The summed E-state index contributed by atoms with van der Waals surface area (Å²) in [5.74, 6) is -0.208. The highest BCUT2D eigenvalue weighted by Gasteiger charge is 2.25. The first-order valence-electron chi connectivity index (χ1n) is 8.55. The second-order valence-corrected chi connectivity index (χ2v) is 6.67. The number of carbonyl (C=O) groups is 1. The number of rotatable bonds is 6. The third-order valence-corrected chi connectivity index (χ3v) is 4.18. The predicted molar refractivity (Wildman–Crippen MR) is 97.5 cm³/mol. The number of hydrogen-bond acceptors (Lipinski definition) is 5. The van der Waals surface area contributed by atoms with Crippen molar-refractivity contribution in [2.45, 2.75) is 52.7 Å². The Hall–Kier alpha value is -2.96. The van der Waals surface area contributed by atoms with Crippen LogP contribution in [0.2, 0.25) is 0 Å². The van der Waals surface area contributed by atoms with E-state index in [9.17, 15) is 15.2 Å². The van der Waals surface area contributed by atoms with E-state index in [0.29, 0.717) is 23.2 Å². The van der Waals surface area contributed by atoms with Gasteiger partial charge >= 0.3 is 0 Å². The SMILES string of the molecule is Cc1cc(-c2nn(C(C)C)c(C(=O)CC[C@@H](C)O)c2C#N)ccc1C#N. The average molecular weight is 350 g/mol. The van der Waals surface area contributed by atoms with Crippen LogP contribution >= 0.6 is 0 Å². The Morgan fingerprint density at radius 1 is 1.27 bits per heavy atom. The molecule has 0 saturated heterocycles. The van der Waals surface area contributed by atoms with Crippen LogP contribution in [0.5, 0.6) is 0 Å². The van der Waals surface area contributed by atoms with E-state index in [2.05, 4.69) is 17.2 Å². The second kappa shape index (κ2) is 7.95. The van der Waals surface area contributed by atoms with Crippen LogP contribution in [0.25, 0.3) is 11.3 Å². The number of nitriles is 2. The molecule has 26 heavy (non-hydrogen) atoms. The van der Waals surface area contributed by atoms with Crippen LogP contribution in [0, 0.1) is 29.6 Å². The maximum atomic E-state index is 12.7. The lowest BCUT2D eigenvalue weighted by Crippen LogP contribution is -2.15. The number of aromatic nitrogens is 2. The molecule has 0 aliphatic carbocycles. The summed E-state index contributed by atoms with van der Waals surface area (Å²) in [6.45, 7) is 7.24. The smallest absolute Gasteiger partial charge is 0.182 e. The van der Waals surface area contributed by atoms with E-state index in [4.69, 9.17) is 5.26 Å². The van der Waals surface area contributed by atoms with E-state index >= 15 is 0 Å². The maximum Gasteiger partial charge on any atom is 0.182 e. The Bertz CT molecular complexity index is 911. The molecule has 0 unspecified atom stereocenters. The predicted octanol–water partition coefficient (Wildman–Crippen LogP) is 3.53. The van der Waals surface area contributed by atoms with Gasteiger partial charge in [-0.3, -0.25) is 9.48 Å². The van der Waals surface area contributed by atoms with Crippen molar-refractivity contribution in [1.82, 2.24) is 9.78 Å². The Kier molecular flexibility index (Phi) is 5.92. The molecule has 1 atom stereocenters. The van der Waals surface area contributed by atoms with Crippen molar-refractivity contribution in [3.63, 3.8) is 0 Å². The number of carbonyl (C=O) groups excluding carboxylic acids is 1. The molecule has 134 valence electrons. The van der Waals surface area contributed by atoms with Crippen molar-refractivity contribution in [3.05, 3.63) is 40.6 Å². The molecule has 0 aliphatic rings. The zero-order chi connectivity index (χ0) is 19.4. The summed E-state index contributed by atoms with van der Waals surface area (Å²) in [5.41, 5.74) is 2.99. The topological polar surface area (TPSA) is 103 Å². The molecule has 2 rings (SSSR count). The van der Waals surface area contributed by atoms with E-state index in [1.807, 2.05) is 20.8 Å². The van der Waals surface area contributed by atoms with Crippen LogP contribution in [-0.2, 0) is 0 Å². The summed E-state index contributed by atoms with van der Waals surface area (Å²) in [6.07, 6.45) is -0.102. The monoisotopic (exact) mass is 350 g/mol. The van der Waals surface area contributed by atoms with Crippen molar-refractivity contribution in [1.29, 1.82) is 10.5 Å². The van der Waals surface area contributed by atoms with Crippen LogP contribution in [0.1, 0.15) is 66.8 Å². The largest absolute Gasteiger partial charge is 0.393 e. The standard InChI is InChI=1S/C20H22N4O2/c1-12(2)24-20(18(26)8-5-14(4)25)17(11-22)19(23-24)15-6-7-16(10-21)13(3)9-15/h6-7,9,12,14,25H,5,8H2,1-4H3/t14-/m1/s1. The van der Waals surface area contributed by atoms with E-state index in [1.54, 1.807) is 29.8 Å². The summed E-state index contributed by atoms with van der Waals surface area (Å²) in [4.78, 5) is 12.7. The van der Waals surface area contributed by atoms with Crippen LogP contribution in [0.15, 0.2) is 18.2 Å². The van der Waals surface area contributed by atoms with Gasteiger partial charge in [0.15, 0.2) is 5.78 Å². The second-order valence-electron chi connectivity index (χ2n) is 6.67. The molecule has 0 fully saturated rings. The lowest BCUT2D eigenvalue weighted by molar-refractivity contribution is 0.0937. The third kappa shape index (κ3) is 3.82. The molecule has 1 aromatic carbocycles. The summed E-state index contributed by atoms with van der Waals surface area (Å²) in [7, 11) is 0. The van der Waals surface area contributed by atoms with Gasteiger partial charge in [0, 0.05) is 18.0 Å². The maximum absolute atomic E-state index is 12.7. The first kappa shape index (κ1) is 19.4. The molecule has 1 N–H and O–H groups in total. The normalized spacial score (nSPS) is 11.8. The fourth-order valence-electron chi connectivity index (χ4n) is 2.78. The van der Waals surface area contributed by atoms with Gasteiger partial charge in [0.1, 0.15) is 23.0 Å². The number of ketones is 1. The Morgan fingerprint density at radius 2 is 1.96 bits per heavy atom. The zero-order valence-electron chi connectivity index (χ0n) is 15.4. The number of aliphatic hydroxyl groups excluding tert-OH is 1. The Balaban J connectivity index is 2.61. The van der Waals surface area contributed by atoms with Crippen LogP contribution < -0.4 is 0 Å². The van der Waals surface area contributed by atoms with Crippen LogP contribution in [0.4, 0.5) is 0 Å². The van der Waals surface area contributed by atoms with Crippen molar-refractivity contribution in [3.8, 4) is 23.4 Å². The first-order chi connectivity index (χ1) is 12.3. The fraction of sp³-hybridized carbons (Fsp3) is 0.400. The van der Waals surface area contributed by atoms with E-state index in [0.717, 1.165) is 5.56 Å². The van der Waals surface area contributed by atoms with Crippen LogP contribution in [-0.4, -0.2) is 26.8 Å². The lowest BCUT2D eigenvalue weighted by Gasteiger charge is -2.10. The van der Waals surface area contributed by atoms with Gasteiger partial charge in [0.2, 0.25) is 0 Å². The number of nitrogens with zero attached hydrogens (tertiary/aromatic N) is 4. The van der Waals surface area contributed by atoms with Crippen LogP contribution in [0.3, 0.4) is 0 Å². The van der Waals surface area contributed by atoms with Gasteiger partial charge in [-0.05, 0) is 51.8 Å². The minimum Gasteiger partial charge on any atom is -0.393 e. The number of hydrogen-bond donors (Lipinski definition) is 1. The minimum atomic E-state index is -0.583. The fourth-order valence-corrected chi connectivity index (χ4v) is 2.78. The van der Waals surface area contributed by atoms with E-state index in [-0.39, 0.29) is 29.5 Å². The molecule has 0 spiro atoms. The summed E-state index contributed by atoms with van der Waals surface area (Å²) < 4.78 is 1.58. The molecular weight excluding hydrogens is 328 g/mol. The molecule has 0 radical (unpaired) electrons. The molecule has 0 saturated carbocycles. The third-order valence-electron chi connectivity index (χ3n) is 4.18. The number of Topliss-reactive ketones (excluding diaryl/α,β-unsaturated/α-hetero) is 1. The van der Waals surface area contributed by atoms with Gasteiger partial charge < -0.3 is 5.11 Å². The zero-order valence-corrected chi connectivity index (χ0v) is 15.4. The first-order valence-corrected chi connectivity index (χ1v) is 8.55. The molecule has 2 aromatic rings. The lowest BCUT2D eigenvalue weighted by atomic mass is 9.99. The molecule has 1 heterocycles. The summed E-state index contributed by atoms with van der Waals surface area (Å²) in [5, 5.41) is 32.8. The molecule has 0 bridgehead atoms. The van der Waals surface area contributed by atoms with Gasteiger partial charge in [-0.15, -0.1) is 0 Å². The van der Waals surface area contributed by atoms with Gasteiger partial charge in [0.05, 0.1) is 17.7 Å². The van der Waals surface area contributed by atoms with Gasteiger partial charge in [-0.25, -0.2) is 0 Å². The van der Waals surface area contributed by atoms with E-state index < -0.39 is 6.10 Å². The van der Waals surface area contributed by atoms with Gasteiger partial charge in [0.25, 0.3) is 0 Å². The summed E-state index contributed by atoms with van der Waals surface area (Å²) in [6, 6.07) is 9.37. The highest BCUT2D eigenvalue weighted by atomic mass is 16.3. The van der Waals surface area contributed by atoms with Crippen molar-refractivity contribution in [2.75, 3.05) is 0 Å². The van der Waals surface area contributed by atoms with Gasteiger partial charge in [-0.2, -0.15) is 15.6 Å². The molecule has 6 nitrogen and oxygen atoms in total. The van der Waals surface area contributed by atoms with Crippen molar-refractivity contribution < 1.29 is 9.90 Å². The number of aryl methyl sites for hydroxylation is 1. The Morgan fingerprint density at radius 3 is 2.46 bits per heavy atom. The summed E-state index contributed by atoms with van der Waals surface area (Å²) >= 11 is 0. The van der Waals surface area contributed by atoms with Crippen molar-refractivity contribution in [2.24, 2.45) is 0 Å². The number of aliphatic hydroxyl groups is 1. The van der Waals surface area contributed by atoms with Crippen molar-refractivity contribution >= 4 is 5.78 Å². The Labute approximate surface area is 153 Å². The highest BCUT2D eigenvalue weighted by molar-refractivity contribution is 5.98. The minimum absolute atomic E-state index is 0.0965.